The van der Waals surface area contributed by atoms with Crippen molar-refractivity contribution in [3.05, 3.63) is 42.5 Å². The smallest absolute Gasteiger partial charge is 0.238 e. The number of rotatable bonds is 5. The normalized spacial score (nSPS) is 28.6. The molecule has 166 valence electrons. The van der Waals surface area contributed by atoms with E-state index < -0.39 is 5.60 Å². The highest BCUT2D eigenvalue weighted by Crippen LogP contribution is 2.45. The number of nitrogens with zero attached hydrogens (tertiary/aromatic N) is 4. The first kappa shape index (κ1) is 20.5. The van der Waals surface area contributed by atoms with Gasteiger partial charge in [0.15, 0.2) is 0 Å². The van der Waals surface area contributed by atoms with Crippen LogP contribution in [0.3, 0.4) is 0 Å². The van der Waals surface area contributed by atoms with Crippen molar-refractivity contribution >= 4 is 17.3 Å². The Hall–Kier alpha value is -2.38. The van der Waals surface area contributed by atoms with Crippen LogP contribution in [-0.4, -0.2) is 57.2 Å². The van der Waals surface area contributed by atoms with Crippen LogP contribution in [0.5, 0.6) is 0 Å². The molecule has 3 fully saturated rings. The van der Waals surface area contributed by atoms with Crippen LogP contribution in [0.15, 0.2) is 36.7 Å². The lowest BCUT2D eigenvalue weighted by atomic mass is 9.85. The maximum absolute atomic E-state index is 12.8. The fourth-order valence-electron chi connectivity index (χ4n) is 5.84. The summed E-state index contributed by atoms with van der Waals surface area (Å²) >= 11 is 0. The lowest BCUT2D eigenvalue weighted by molar-refractivity contribution is -0.121. The van der Waals surface area contributed by atoms with E-state index in [1.807, 2.05) is 29.9 Å². The third-order valence-electron chi connectivity index (χ3n) is 7.35. The number of hydrogen-bond acceptors (Lipinski definition) is 5. The Bertz CT molecular complexity index is 904. The molecule has 0 aliphatic carbocycles. The summed E-state index contributed by atoms with van der Waals surface area (Å²) in [6.45, 7) is 2.61. The first-order valence-corrected chi connectivity index (χ1v) is 11.6. The summed E-state index contributed by atoms with van der Waals surface area (Å²) in [6, 6.07) is 8.66. The van der Waals surface area contributed by atoms with Crippen molar-refractivity contribution in [1.82, 2.24) is 14.5 Å². The molecular formula is C24H33N5O2. The molecule has 5 rings (SSSR count). The predicted molar refractivity (Wildman–Crippen MR) is 121 cm³/mol. The van der Waals surface area contributed by atoms with E-state index in [-0.39, 0.29) is 18.0 Å². The fraction of sp³-hybridized carbons (Fsp3) is 0.583. The molecule has 0 saturated carbocycles. The number of anilines is 2. The molecular weight excluding hydrogens is 390 g/mol. The van der Waals surface area contributed by atoms with E-state index in [1.165, 1.54) is 24.9 Å². The number of fused-ring (bicyclic) bond motifs is 2. The lowest BCUT2D eigenvalue weighted by Crippen LogP contribution is -2.52. The average molecular weight is 424 g/mol. The van der Waals surface area contributed by atoms with Crippen LogP contribution in [0.1, 0.15) is 50.8 Å². The summed E-state index contributed by atoms with van der Waals surface area (Å²) in [4.78, 5) is 21.9. The fourth-order valence-corrected chi connectivity index (χ4v) is 5.84. The summed E-state index contributed by atoms with van der Waals surface area (Å²) in [7, 11) is 1.93. The molecule has 4 heterocycles. The number of carbonyl (C=O) groups is 1. The van der Waals surface area contributed by atoms with Crippen LogP contribution in [-0.2, 0) is 17.4 Å². The third kappa shape index (κ3) is 4.08. The Morgan fingerprint density at radius 2 is 1.81 bits per heavy atom. The van der Waals surface area contributed by atoms with Crippen molar-refractivity contribution in [2.75, 3.05) is 29.9 Å². The molecule has 0 radical (unpaired) electrons. The van der Waals surface area contributed by atoms with E-state index >= 15 is 0 Å². The standard InChI is InChI=1S/C24H33N5O2/c1-27-14-11-25-23(27)24(31)15-20-9-10-21(16-24)29(20)17-22(30)26-18-5-7-19(8-6-18)28-12-3-2-4-13-28/h5-8,11,14,20-21,31H,2-4,9-10,12-13,15-17H2,1H3,(H,26,30)/t20-,21-/m0/s1. The zero-order valence-electron chi connectivity index (χ0n) is 18.3. The van der Waals surface area contributed by atoms with E-state index in [2.05, 4.69) is 32.2 Å². The zero-order valence-corrected chi connectivity index (χ0v) is 18.3. The van der Waals surface area contributed by atoms with Gasteiger partial charge < -0.3 is 19.9 Å². The van der Waals surface area contributed by atoms with Gasteiger partial charge >= 0.3 is 0 Å². The van der Waals surface area contributed by atoms with Gasteiger partial charge in [0, 0.05) is 56.0 Å². The summed E-state index contributed by atoms with van der Waals surface area (Å²) in [5.74, 6) is 0.757. The number of aryl methyl sites for hydroxylation is 1. The Kier molecular flexibility index (Phi) is 5.48. The number of aliphatic hydroxyl groups is 1. The van der Waals surface area contributed by atoms with E-state index in [0.29, 0.717) is 19.4 Å². The van der Waals surface area contributed by atoms with Crippen molar-refractivity contribution in [1.29, 1.82) is 0 Å². The van der Waals surface area contributed by atoms with Crippen LogP contribution in [0.25, 0.3) is 0 Å². The summed E-state index contributed by atoms with van der Waals surface area (Å²) < 4.78 is 1.91. The van der Waals surface area contributed by atoms with Crippen molar-refractivity contribution in [3.8, 4) is 0 Å². The molecule has 3 saturated heterocycles. The number of aromatic nitrogens is 2. The number of nitrogens with one attached hydrogen (secondary N) is 1. The van der Waals surface area contributed by atoms with Gasteiger partial charge in [0.1, 0.15) is 11.4 Å². The summed E-state index contributed by atoms with van der Waals surface area (Å²) in [6.07, 6.45) is 10.8. The molecule has 0 unspecified atom stereocenters. The number of carbonyl (C=O) groups excluding carboxylic acids is 1. The topological polar surface area (TPSA) is 73.6 Å². The maximum atomic E-state index is 12.8. The van der Waals surface area contributed by atoms with Crippen molar-refractivity contribution in [2.45, 2.75) is 62.6 Å². The molecule has 3 aliphatic heterocycles. The minimum atomic E-state index is -0.901. The van der Waals surface area contributed by atoms with Gasteiger partial charge in [-0.2, -0.15) is 0 Å². The SMILES string of the molecule is Cn1ccnc1C1(O)C[C@@H]2CC[C@@H](C1)N2CC(=O)Nc1ccc(N2CCCCC2)cc1. The van der Waals surface area contributed by atoms with Gasteiger partial charge in [-0.15, -0.1) is 0 Å². The molecule has 2 bridgehead atoms. The lowest BCUT2D eigenvalue weighted by Gasteiger charge is -2.43. The van der Waals surface area contributed by atoms with E-state index in [9.17, 15) is 9.90 Å². The van der Waals surface area contributed by atoms with Gasteiger partial charge in [0.25, 0.3) is 0 Å². The van der Waals surface area contributed by atoms with E-state index in [1.54, 1.807) is 6.20 Å². The predicted octanol–water partition coefficient (Wildman–Crippen LogP) is 2.86. The van der Waals surface area contributed by atoms with Gasteiger partial charge in [0.05, 0.1) is 6.54 Å². The minimum Gasteiger partial charge on any atom is -0.382 e. The molecule has 7 heteroatoms. The second kappa shape index (κ2) is 8.28. The Balaban J connectivity index is 1.19. The van der Waals surface area contributed by atoms with Gasteiger partial charge in [-0.05, 0) is 69.2 Å². The van der Waals surface area contributed by atoms with E-state index in [4.69, 9.17) is 0 Å². The Morgan fingerprint density at radius 1 is 1.13 bits per heavy atom. The van der Waals surface area contributed by atoms with Gasteiger partial charge in [-0.1, -0.05) is 0 Å². The largest absolute Gasteiger partial charge is 0.382 e. The molecule has 1 aromatic carbocycles. The second-order valence-corrected chi connectivity index (χ2v) is 9.50. The van der Waals surface area contributed by atoms with Crippen molar-refractivity contribution in [2.24, 2.45) is 7.05 Å². The third-order valence-corrected chi connectivity index (χ3v) is 7.35. The molecule has 1 aromatic heterocycles. The van der Waals surface area contributed by atoms with Crippen molar-refractivity contribution < 1.29 is 9.90 Å². The molecule has 2 N–H and O–H groups in total. The number of hydrogen-bond donors (Lipinski definition) is 2. The van der Waals surface area contributed by atoms with Crippen LogP contribution in [0.4, 0.5) is 11.4 Å². The summed E-state index contributed by atoms with van der Waals surface area (Å²) in [5, 5.41) is 14.4. The molecule has 3 aliphatic rings. The molecule has 7 nitrogen and oxygen atoms in total. The second-order valence-electron chi connectivity index (χ2n) is 9.50. The molecule has 2 atom stereocenters. The average Bonchev–Trinajstić information content (AvgIpc) is 3.31. The van der Waals surface area contributed by atoms with Crippen LogP contribution in [0.2, 0.25) is 0 Å². The molecule has 2 aromatic rings. The van der Waals surface area contributed by atoms with Crippen LogP contribution in [0, 0.1) is 0 Å². The van der Waals surface area contributed by atoms with Gasteiger partial charge in [0.2, 0.25) is 5.91 Å². The maximum Gasteiger partial charge on any atom is 0.238 e. The van der Waals surface area contributed by atoms with Crippen LogP contribution >= 0.6 is 0 Å². The quantitative estimate of drug-likeness (QED) is 0.774. The number of piperidine rings is 2. The monoisotopic (exact) mass is 423 g/mol. The molecule has 31 heavy (non-hydrogen) atoms. The van der Waals surface area contributed by atoms with Crippen LogP contribution < -0.4 is 10.2 Å². The molecule has 1 amide bonds. The zero-order chi connectivity index (χ0) is 21.4. The summed E-state index contributed by atoms with van der Waals surface area (Å²) in [5.41, 5.74) is 1.18. The first-order chi connectivity index (χ1) is 15.0. The highest BCUT2D eigenvalue weighted by Gasteiger charge is 2.50. The number of amides is 1. The minimum absolute atomic E-state index is 0.0186. The van der Waals surface area contributed by atoms with Crippen molar-refractivity contribution in [3.63, 3.8) is 0 Å². The van der Waals surface area contributed by atoms with E-state index in [0.717, 1.165) is 37.4 Å². The number of benzene rings is 1. The Morgan fingerprint density at radius 3 is 2.42 bits per heavy atom. The van der Waals surface area contributed by atoms with Gasteiger partial charge in [-0.3, -0.25) is 9.69 Å². The highest BCUT2D eigenvalue weighted by molar-refractivity contribution is 5.92. The molecule has 0 spiro atoms. The number of imidazole rings is 1. The Labute approximate surface area is 184 Å². The van der Waals surface area contributed by atoms with Gasteiger partial charge in [-0.25, -0.2) is 4.98 Å². The highest BCUT2D eigenvalue weighted by atomic mass is 16.3. The first-order valence-electron chi connectivity index (χ1n) is 11.6.